The summed E-state index contributed by atoms with van der Waals surface area (Å²) in [5.41, 5.74) is 6.14. The molecule has 0 aromatic heterocycles. The van der Waals surface area contributed by atoms with Crippen LogP contribution in [-0.2, 0) is 9.84 Å². The van der Waals surface area contributed by atoms with Crippen LogP contribution in [0.1, 0.15) is 0 Å². The summed E-state index contributed by atoms with van der Waals surface area (Å²) in [6.07, 6.45) is 1.22. The van der Waals surface area contributed by atoms with Crippen molar-refractivity contribution in [3.63, 3.8) is 0 Å². The molecule has 0 unspecified atom stereocenters. The van der Waals surface area contributed by atoms with Gasteiger partial charge in [0.25, 0.3) is 0 Å². The monoisotopic (exact) mass is 265 g/mol. The van der Waals surface area contributed by atoms with Crippen molar-refractivity contribution in [2.75, 3.05) is 23.5 Å². The smallest absolute Gasteiger partial charge is 0.148 e. The molecule has 6 heteroatoms. The van der Waals surface area contributed by atoms with Gasteiger partial charge >= 0.3 is 0 Å². The Bertz CT molecular complexity index is 445. The van der Waals surface area contributed by atoms with Crippen LogP contribution in [0.4, 0.5) is 5.69 Å². The van der Waals surface area contributed by atoms with Gasteiger partial charge in [-0.25, -0.2) is 8.42 Å². The summed E-state index contributed by atoms with van der Waals surface area (Å²) in [6, 6.07) is 5.20. The molecular weight excluding hydrogens is 254 g/mol. The molecule has 0 atom stereocenters. The molecule has 0 aliphatic carbocycles. The molecule has 84 valence electrons. The molecule has 0 aliphatic heterocycles. The van der Waals surface area contributed by atoms with Crippen LogP contribution in [0.15, 0.2) is 23.1 Å². The molecule has 0 saturated carbocycles. The topological polar surface area (TPSA) is 60.2 Å². The summed E-state index contributed by atoms with van der Waals surface area (Å²) in [5.74, 6) is 0.654. The normalized spacial score (nSPS) is 11.6. The Kier molecular flexibility index (Phi) is 4.31. The third kappa shape index (κ3) is 4.77. The van der Waals surface area contributed by atoms with Crippen molar-refractivity contribution in [3.8, 4) is 0 Å². The molecule has 0 fully saturated rings. The molecule has 1 aromatic carbocycles. The highest BCUT2D eigenvalue weighted by atomic mass is 35.5. The Hall–Kier alpha value is -0.390. The second-order valence-electron chi connectivity index (χ2n) is 3.17. The second kappa shape index (κ2) is 5.09. The lowest BCUT2D eigenvalue weighted by Gasteiger charge is -2.04. The summed E-state index contributed by atoms with van der Waals surface area (Å²) < 4.78 is 21.8. The maximum Gasteiger partial charge on any atom is 0.148 e. The van der Waals surface area contributed by atoms with Crippen molar-refractivity contribution in [1.82, 2.24) is 0 Å². The average molecular weight is 266 g/mol. The van der Waals surface area contributed by atoms with E-state index in [0.29, 0.717) is 16.5 Å². The van der Waals surface area contributed by atoms with Crippen LogP contribution >= 0.6 is 23.4 Å². The van der Waals surface area contributed by atoms with E-state index in [0.717, 1.165) is 4.90 Å². The van der Waals surface area contributed by atoms with Gasteiger partial charge in [-0.15, -0.1) is 11.8 Å². The number of thioether (sulfide) groups is 1. The SMILES string of the molecule is CS(=O)(=O)CCSc1ccc(N)cc1Cl. The van der Waals surface area contributed by atoms with Crippen LogP contribution in [0.2, 0.25) is 5.02 Å². The molecular formula is C9H12ClNO2S2. The van der Waals surface area contributed by atoms with E-state index in [2.05, 4.69) is 0 Å². The zero-order chi connectivity index (χ0) is 11.5. The largest absolute Gasteiger partial charge is 0.399 e. The van der Waals surface area contributed by atoms with Gasteiger partial charge in [-0.1, -0.05) is 11.6 Å². The number of benzene rings is 1. The van der Waals surface area contributed by atoms with Crippen molar-refractivity contribution in [2.24, 2.45) is 0 Å². The Morgan fingerprint density at radius 1 is 1.47 bits per heavy atom. The molecule has 1 aromatic rings. The molecule has 3 nitrogen and oxygen atoms in total. The van der Waals surface area contributed by atoms with Crippen molar-refractivity contribution in [2.45, 2.75) is 4.90 Å². The van der Waals surface area contributed by atoms with E-state index in [9.17, 15) is 8.42 Å². The van der Waals surface area contributed by atoms with Gasteiger partial charge in [0.2, 0.25) is 0 Å². The number of nitrogens with two attached hydrogens (primary N) is 1. The zero-order valence-corrected chi connectivity index (χ0v) is 10.6. The molecule has 0 saturated heterocycles. The molecule has 0 radical (unpaired) electrons. The summed E-state index contributed by atoms with van der Waals surface area (Å²) in [7, 11) is -2.90. The van der Waals surface area contributed by atoms with Crippen LogP contribution in [0.3, 0.4) is 0 Å². The first-order chi connectivity index (χ1) is 6.88. The van der Waals surface area contributed by atoms with Crippen molar-refractivity contribution in [1.29, 1.82) is 0 Å². The van der Waals surface area contributed by atoms with Gasteiger partial charge < -0.3 is 5.73 Å². The van der Waals surface area contributed by atoms with Crippen molar-refractivity contribution >= 4 is 38.9 Å². The first kappa shape index (κ1) is 12.7. The van der Waals surface area contributed by atoms with E-state index in [-0.39, 0.29) is 5.75 Å². The predicted molar refractivity (Wildman–Crippen MR) is 66.3 cm³/mol. The summed E-state index contributed by atoms with van der Waals surface area (Å²) in [4.78, 5) is 0.856. The first-order valence-corrected chi connectivity index (χ1v) is 7.66. The molecule has 0 heterocycles. The fourth-order valence-electron chi connectivity index (χ4n) is 0.937. The predicted octanol–water partition coefficient (Wildman–Crippen LogP) is 2.06. The highest BCUT2D eigenvalue weighted by Gasteiger charge is 2.05. The third-order valence-electron chi connectivity index (χ3n) is 1.67. The van der Waals surface area contributed by atoms with Gasteiger partial charge in [-0.05, 0) is 18.2 Å². The van der Waals surface area contributed by atoms with Gasteiger partial charge in [0.1, 0.15) is 9.84 Å². The van der Waals surface area contributed by atoms with E-state index in [1.807, 2.05) is 0 Å². The maximum atomic E-state index is 10.9. The number of anilines is 1. The molecule has 2 N–H and O–H groups in total. The molecule has 0 bridgehead atoms. The number of hydrogen-bond acceptors (Lipinski definition) is 4. The number of rotatable bonds is 4. The van der Waals surface area contributed by atoms with Crippen LogP contribution < -0.4 is 5.73 Å². The van der Waals surface area contributed by atoms with Crippen molar-refractivity contribution in [3.05, 3.63) is 23.2 Å². The Balaban J connectivity index is 2.59. The van der Waals surface area contributed by atoms with Crippen LogP contribution in [-0.4, -0.2) is 26.2 Å². The highest BCUT2D eigenvalue weighted by molar-refractivity contribution is 8.00. The number of hydrogen-bond donors (Lipinski definition) is 1. The van der Waals surface area contributed by atoms with E-state index >= 15 is 0 Å². The molecule has 0 spiro atoms. The lowest BCUT2D eigenvalue weighted by atomic mass is 10.3. The summed E-state index contributed by atoms with van der Waals surface area (Å²) >= 11 is 7.35. The van der Waals surface area contributed by atoms with Gasteiger partial charge in [0.15, 0.2) is 0 Å². The van der Waals surface area contributed by atoms with E-state index in [4.69, 9.17) is 17.3 Å². The molecule has 1 rings (SSSR count). The van der Waals surface area contributed by atoms with E-state index < -0.39 is 9.84 Å². The zero-order valence-electron chi connectivity index (χ0n) is 8.23. The first-order valence-electron chi connectivity index (χ1n) is 4.24. The minimum Gasteiger partial charge on any atom is -0.399 e. The lowest BCUT2D eigenvalue weighted by molar-refractivity contribution is 0.603. The van der Waals surface area contributed by atoms with Crippen LogP contribution in [0.5, 0.6) is 0 Å². The van der Waals surface area contributed by atoms with Gasteiger partial charge in [-0.3, -0.25) is 0 Å². The van der Waals surface area contributed by atoms with E-state index in [1.54, 1.807) is 18.2 Å². The third-order valence-corrected chi connectivity index (χ3v) is 4.37. The van der Waals surface area contributed by atoms with E-state index in [1.165, 1.54) is 18.0 Å². The number of halogens is 1. The maximum absolute atomic E-state index is 10.9. The van der Waals surface area contributed by atoms with Crippen LogP contribution in [0.25, 0.3) is 0 Å². The van der Waals surface area contributed by atoms with Crippen molar-refractivity contribution < 1.29 is 8.42 Å². The fourth-order valence-corrected chi connectivity index (χ4v) is 3.42. The van der Waals surface area contributed by atoms with Gasteiger partial charge in [0, 0.05) is 22.6 Å². The Morgan fingerprint density at radius 3 is 2.67 bits per heavy atom. The average Bonchev–Trinajstić information content (AvgIpc) is 2.07. The minimum atomic E-state index is -2.90. The van der Waals surface area contributed by atoms with Crippen LogP contribution in [0, 0.1) is 0 Å². The standard InChI is InChI=1S/C9H12ClNO2S2/c1-15(12,13)5-4-14-9-3-2-7(11)6-8(9)10/h2-3,6H,4-5,11H2,1H3. The lowest BCUT2D eigenvalue weighted by Crippen LogP contribution is -2.04. The molecule has 15 heavy (non-hydrogen) atoms. The fraction of sp³-hybridized carbons (Fsp3) is 0.333. The summed E-state index contributed by atoms with van der Waals surface area (Å²) in [6.45, 7) is 0. The number of sulfone groups is 1. The quantitative estimate of drug-likeness (QED) is 0.669. The second-order valence-corrected chi connectivity index (χ2v) is 6.97. The Morgan fingerprint density at radius 2 is 2.13 bits per heavy atom. The number of nitrogen functional groups attached to an aromatic ring is 1. The Labute approximate surface area is 98.9 Å². The summed E-state index contributed by atoms with van der Waals surface area (Å²) in [5, 5.41) is 0.563. The molecule has 0 amide bonds. The minimum absolute atomic E-state index is 0.151. The highest BCUT2D eigenvalue weighted by Crippen LogP contribution is 2.28. The van der Waals surface area contributed by atoms with Gasteiger partial charge in [-0.2, -0.15) is 0 Å². The van der Waals surface area contributed by atoms with Gasteiger partial charge in [0.05, 0.1) is 10.8 Å². The molecule has 0 aliphatic rings.